The van der Waals surface area contributed by atoms with Gasteiger partial charge in [0.05, 0.1) is 5.02 Å². The Balaban J connectivity index is 1.76. The smallest absolute Gasteiger partial charge is 0.267 e. The van der Waals surface area contributed by atoms with Gasteiger partial charge in [0.1, 0.15) is 5.75 Å². The highest BCUT2D eigenvalue weighted by atomic mass is 35.5. The summed E-state index contributed by atoms with van der Waals surface area (Å²) in [5, 5.41) is 3.96. The zero-order valence-electron chi connectivity index (χ0n) is 14.3. The fraction of sp³-hybridized carbons (Fsp3) is 0.350. The molecule has 0 bridgehead atoms. The Bertz CT molecular complexity index is 702. The standard InChI is InChI=1S/C20H23ClN2O2/c1-15(25-19-12-6-5-11-18(19)21)20(24)23(14-16-8-7-13-22-16)17-9-3-2-4-10-17/h2-6,9-12,15-16,22H,7-8,13-14H2,1H3/t15?,16-/m1/s1. The van der Waals surface area contributed by atoms with Crippen molar-refractivity contribution in [3.8, 4) is 5.75 Å². The van der Waals surface area contributed by atoms with E-state index in [1.54, 1.807) is 19.1 Å². The number of para-hydroxylation sites is 2. The third-order valence-corrected chi connectivity index (χ3v) is 4.70. The number of benzene rings is 2. The zero-order valence-corrected chi connectivity index (χ0v) is 15.1. The van der Waals surface area contributed by atoms with Gasteiger partial charge in [0.15, 0.2) is 6.10 Å². The Hall–Kier alpha value is -2.04. The zero-order chi connectivity index (χ0) is 17.6. The molecule has 0 aromatic heterocycles. The predicted octanol–water partition coefficient (Wildman–Crippen LogP) is 3.89. The maximum Gasteiger partial charge on any atom is 0.267 e. The largest absolute Gasteiger partial charge is 0.479 e. The van der Waals surface area contributed by atoms with Crippen LogP contribution in [0.25, 0.3) is 0 Å². The molecule has 2 aromatic rings. The first-order valence-electron chi connectivity index (χ1n) is 8.66. The third-order valence-electron chi connectivity index (χ3n) is 4.39. The molecule has 4 nitrogen and oxygen atoms in total. The summed E-state index contributed by atoms with van der Waals surface area (Å²) in [6.45, 7) is 3.41. The van der Waals surface area contributed by atoms with Crippen LogP contribution in [0.1, 0.15) is 19.8 Å². The monoisotopic (exact) mass is 358 g/mol. The van der Waals surface area contributed by atoms with E-state index in [1.165, 1.54) is 0 Å². The molecule has 132 valence electrons. The first kappa shape index (κ1) is 17.8. The number of amides is 1. The van der Waals surface area contributed by atoms with Gasteiger partial charge in [-0.2, -0.15) is 0 Å². The van der Waals surface area contributed by atoms with Crippen LogP contribution in [0.15, 0.2) is 54.6 Å². The van der Waals surface area contributed by atoms with E-state index in [9.17, 15) is 4.79 Å². The van der Waals surface area contributed by atoms with Crippen molar-refractivity contribution in [2.75, 3.05) is 18.0 Å². The number of carbonyl (C=O) groups excluding carboxylic acids is 1. The number of carbonyl (C=O) groups is 1. The summed E-state index contributed by atoms with van der Waals surface area (Å²) in [5.41, 5.74) is 0.885. The molecular weight excluding hydrogens is 336 g/mol. The highest BCUT2D eigenvalue weighted by Crippen LogP contribution is 2.25. The molecule has 1 N–H and O–H groups in total. The Morgan fingerprint density at radius 1 is 1.24 bits per heavy atom. The second-order valence-corrected chi connectivity index (χ2v) is 6.68. The topological polar surface area (TPSA) is 41.6 Å². The molecule has 1 fully saturated rings. The van der Waals surface area contributed by atoms with Crippen LogP contribution in [-0.2, 0) is 4.79 Å². The van der Waals surface area contributed by atoms with Gasteiger partial charge in [0, 0.05) is 18.3 Å². The first-order valence-corrected chi connectivity index (χ1v) is 9.04. The lowest BCUT2D eigenvalue weighted by molar-refractivity contribution is -0.124. The maximum atomic E-state index is 13.1. The molecule has 2 aromatic carbocycles. The van der Waals surface area contributed by atoms with Gasteiger partial charge in [-0.1, -0.05) is 41.9 Å². The molecule has 1 heterocycles. The van der Waals surface area contributed by atoms with Gasteiger partial charge in [0.25, 0.3) is 5.91 Å². The minimum atomic E-state index is -0.624. The van der Waals surface area contributed by atoms with Gasteiger partial charge < -0.3 is 15.0 Å². The van der Waals surface area contributed by atoms with Crippen LogP contribution in [0.2, 0.25) is 5.02 Å². The summed E-state index contributed by atoms with van der Waals surface area (Å²) in [7, 11) is 0. The average Bonchev–Trinajstić information content (AvgIpc) is 3.15. The van der Waals surface area contributed by atoms with Gasteiger partial charge in [-0.15, -0.1) is 0 Å². The molecular formula is C20H23ClN2O2. The van der Waals surface area contributed by atoms with Crippen molar-refractivity contribution < 1.29 is 9.53 Å². The summed E-state index contributed by atoms with van der Waals surface area (Å²) in [6.07, 6.45) is 1.60. The fourth-order valence-corrected chi connectivity index (χ4v) is 3.24. The second-order valence-electron chi connectivity index (χ2n) is 6.27. The molecule has 0 radical (unpaired) electrons. The van der Waals surface area contributed by atoms with Crippen LogP contribution >= 0.6 is 11.6 Å². The number of hydrogen-bond acceptors (Lipinski definition) is 3. The van der Waals surface area contributed by atoms with Crippen molar-refractivity contribution in [3.05, 3.63) is 59.6 Å². The van der Waals surface area contributed by atoms with E-state index in [0.29, 0.717) is 23.4 Å². The van der Waals surface area contributed by atoms with Crippen LogP contribution in [0.3, 0.4) is 0 Å². The average molecular weight is 359 g/mol. The number of ether oxygens (including phenoxy) is 1. The lowest BCUT2D eigenvalue weighted by Gasteiger charge is -2.29. The highest BCUT2D eigenvalue weighted by Gasteiger charge is 2.27. The van der Waals surface area contributed by atoms with Crippen LogP contribution in [-0.4, -0.2) is 31.1 Å². The molecule has 1 aliphatic rings. The van der Waals surface area contributed by atoms with E-state index in [-0.39, 0.29) is 5.91 Å². The van der Waals surface area contributed by atoms with Crippen molar-refractivity contribution in [2.45, 2.75) is 31.9 Å². The molecule has 3 rings (SSSR count). The van der Waals surface area contributed by atoms with Crippen molar-refractivity contribution in [1.82, 2.24) is 5.32 Å². The Morgan fingerprint density at radius 2 is 1.96 bits per heavy atom. The normalized spacial score (nSPS) is 17.9. The van der Waals surface area contributed by atoms with Crippen LogP contribution < -0.4 is 15.0 Å². The van der Waals surface area contributed by atoms with Gasteiger partial charge in [0.2, 0.25) is 0 Å². The number of halogens is 1. The fourth-order valence-electron chi connectivity index (χ4n) is 3.06. The van der Waals surface area contributed by atoms with Crippen molar-refractivity contribution in [2.24, 2.45) is 0 Å². The molecule has 0 aliphatic carbocycles. The highest BCUT2D eigenvalue weighted by molar-refractivity contribution is 6.32. The molecule has 5 heteroatoms. The Morgan fingerprint density at radius 3 is 2.64 bits per heavy atom. The summed E-state index contributed by atoms with van der Waals surface area (Å²) >= 11 is 6.15. The summed E-state index contributed by atoms with van der Waals surface area (Å²) in [4.78, 5) is 14.9. The van der Waals surface area contributed by atoms with E-state index in [4.69, 9.17) is 16.3 Å². The van der Waals surface area contributed by atoms with E-state index in [2.05, 4.69) is 5.32 Å². The van der Waals surface area contributed by atoms with Gasteiger partial charge in [-0.25, -0.2) is 0 Å². The van der Waals surface area contributed by atoms with Crippen LogP contribution in [0.5, 0.6) is 5.75 Å². The van der Waals surface area contributed by atoms with Crippen LogP contribution in [0, 0.1) is 0 Å². The number of nitrogens with zero attached hydrogens (tertiary/aromatic N) is 1. The SMILES string of the molecule is CC(Oc1ccccc1Cl)C(=O)N(C[C@H]1CCCN1)c1ccccc1. The predicted molar refractivity (Wildman–Crippen MR) is 101 cm³/mol. The maximum absolute atomic E-state index is 13.1. The second kappa shape index (κ2) is 8.37. The lowest BCUT2D eigenvalue weighted by atomic mass is 10.1. The molecule has 1 aliphatic heterocycles. The number of nitrogens with one attached hydrogen (secondary N) is 1. The minimum Gasteiger partial charge on any atom is -0.479 e. The Labute approximate surface area is 153 Å². The van der Waals surface area contributed by atoms with Crippen molar-refractivity contribution in [1.29, 1.82) is 0 Å². The van der Waals surface area contributed by atoms with E-state index in [0.717, 1.165) is 25.1 Å². The number of anilines is 1. The van der Waals surface area contributed by atoms with Gasteiger partial charge in [-0.3, -0.25) is 4.79 Å². The Kier molecular flexibility index (Phi) is 5.95. The van der Waals surface area contributed by atoms with E-state index >= 15 is 0 Å². The minimum absolute atomic E-state index is 0.0696. The van der Waals surface area contributed by atoms with Gasteiger partial charge in [-0.05, 0) is 50.6 Å². The van der Waals surface area contributed by atoms with E-state index in [1.807, 2.05) is 47.4 Å². The molecule has 1 amide bonds. The quantitative estimate of drug-likeness (QED) is 0.851. The molecule has 0 saturated carbocycles. The summed E-state index contributed by atoms with van der Waals surface area (Å²) in [5.74, 6) is 0.455. The molecule has 1 unspecified atom stereocenters. The molecule has 0 spiro atoms. The number of rotatable bonds is 6. The molecule has 25 heavy (non-hydrogen) atoms. The van der Waals surface area contributed by atoms with Crippen LogP contribution in [0.4, 0.5) is 5.69 Å². The van der Waals surface area contributed by atoms with Gasteiger partial charge >= 0.3 is 0 Å². The number of hydrogen-bond donors (Lipinski definition) is 1. The summed E-state index contributed by atoms with van der Waals surface area (Å²) < 4.78 is 5.83. The van der Waals surface area contributed by atoms with E-state index < -0.39 is 6.10 Å². The summed E-state index contributed by atoms with van der Waals surface area (Å²) in [6, 6.07) is 17.3. The third kappa shape index (κ3) is 4.53. The van der Waals surface area contributed by atoms with Crippen molar-refractivity contribution >= 4 is 23.2 Å². The lowest BCUT2D eigenvalue weighted by Crippen LogP contribution is -2.46. The first-order chi connectivity index (χ1) is 12.1. The molecule has 2 atom stereocenters. The van der Waals surface area contributed by atoms with Crippen molar-refractivity contribution in [3.63, 3.8) is 0 Å². The molecule has 1 saturated heterocycles.